The maximum atomic E-state index is 10.1. The third-order valence-corrected chi connectivity index (χ3v) is 4.24. The zero-order valence-corrected chi connectivity index (χ0v) is 13.0. The van der Waals surface area contributed by atoms with Crippen LogP contribution < -0.4 is 10.1 Å². The Morgan fingerprint density at radius 1 is 1.21 bits per heavy atom. The summed E-state index contributed by atoms with van der Waals surface area (Å²) in [6.07, 6.45) is 3.16. The smallest absolute Gasteiger partial charge is 0.162 e. The van der Waals surface area contributed by atoms with Gasteiger partial charge in [-0.25, -0.2) is 0 Å². The molecule has 0 fully saturated rings. The molecule has 0 aliphatic rings. The predicted molar refractivity (Wildman–Crippen MR) is 80.1 cm³/mol. The third kappa shape index (κ3) is 3.77. The molecule has 3 nitrogen and oxygen atoms in total. The van der Waals surface area contributed by atoms with Crippen LogP contribution in [0.3, 0.4) is 0 Å². The van der Waals surface area contributed by atoms with E-state index in [-0.39, 0.29) is 11.3 Å². The molecule has 0 aromatic heterocycles. The first-order chi connectivity index (χ1) is 9.01. The summed E-state index contributed by atoms with van der Waals surface area (Å²) in [5.74, 6) is 0.580. The highest BCUT2D eigenvalue weighted by molar-refractivity contribution is 6.30. The number of rotatable bonds is 7. The Morgan fingerprint density at radius 3 is 2.26 bits per heavy atom. The molecule has 1 aromatic carbocycles. The third-order valence-electron chi connectivity index (χ3n) is 4.02. The largest absolute Gasteiger partial charge is 0.504 e. The van der Waals surface area contributed by atoms with Crippen molar-refractivity contribution in [2.24, 2.45) is 0 Å². The SMILES string of the molecule is CCC(CC)(CC)NCc1cc(Cl)cc(OC)c1O. The molecule has 0 saturated carbocycles. The van der Waals surface area contributed by atoms with Crippen LogP contribution in [0.2, 0.25) is 5.02 Å². The lowest BCUT2D eigenvalue weighted by Gasteiger charge is -2.32. The fourth-order valence-electron chi connectivity index (χ4n) is 2.33. The van der Waals surface area contributed by atoms with Crippen molar-refractivity contribution in [1.29, 1.82) is 0 Å². The summed E-state index contributed by atoms with van der Waals surface area (Å²) < 4.78 is 5.12. The van der Waals surface area contributed by atoms with E-state index in [1.165, 1.54) is 7.11 Å². The highest BCUT2D eigenvalue weighted by atomic mass is 35.5. The van der Waals surface area contributed by atoms with Crippen LogP contribution in [-0.4, -0.2) is 17.8 Å². The summed E-state index contributed by atoms with van der Waals surface area (Å²) >= 11 is 6.03. The summed E-state index contributed by atoms with van der Waals surface area (Å²) in [6.45, 7) is 7.12. The Morgan fingerprint density at radius 2 is 1.79 bits per heavy atom. The van der Waals surface area contributed by atoms with Gasteiger partial charge in [-0.2, -0.15) is 0 Å². The predicted octanol–water partition coefficient (Wildman–Crippen LogP) is 4.11. The van der Waals surface area contributed by atoms with Gasteiger partial charge in [-0.3, -0.25) is 0 Å². The van der Waals surface area contributed by atoms with E-state index < -0.39 is 0 Å². The molecule has 4 heteroatoms. The zero-order chi connectivity index (χ0) is 14.5. The first-order valence-corrected chi connectivity index (χ1v) is 7.20. The lowest BCUT2D eigenvalue weighted by molar-refractivity contribution is 0.285. The van der Waals surface area contributed by atoms with Gasteiger partial charge in [0, 0.05) is 28.7 Å². The maximum absolute atomic E-state index is 10.1. The zero-order valence-electron chi connectivity index (χ0n) is 12.2. The summed E-state index contributed by atoms with van der Waals surface area (Å²) in [5, 5.41) is 14.2. The van der Waals surface area contributed by atoms with E-state index in [0.29, 0.717) is 17.3 Å². The second kappa shape index (κ2) is 7.01. The minimum atomic E-state index is 0.113. The molecule has 0 radical (unpaired) electrons. The molecule has 0 heterocycles. The number of phenols is 1. The molecular formula is C15H24ClNO2. The second-order valence-electron chi connectivity index (χ2n) is 4.81. The lowest BCUT2D eigenvalue weighted by Crippen LogP contribution is -2.43. The number of nitrogens with one attached hydrogen (secondary N) is 1. The van der Waals surface area contributed by atoms with Gasteiger partial charge in [-0.05, 0) is 25.3 Å². The van der Waals surface area contributed by atoms with E-state index in [0.717, 1.165) is 24.8 Å². The molecule has 2 N–H and O–H groups in total. The molecule has 0 atom stereocenters. The fraction of sp³-hybridized carbons (Fsp3) is 0.600. The van der Waals surface area contributed by atoms with Crippen LogP contribution in [-0.2, 0) is 6.54 Å². The van der Waals surface area contributed by atoms with Gasteiger partial charge < -0.3 is 15.2 Å². The van der Waals surface area contributed by atoms with Gasteiger partial charge in [-0.15, -0.1) is 0 Å². The van der Waals surface area contributed by atoms with E-state index in [2.05, 4.69) is 26.1 Å². The Balaban J connectivity index is 2.91. The second-order valence-corrected chi connectivity index (χ2v) is 5.25. The molecule has 0 spiro atoms. The summed E-state index contributed by atoms with van der Waals surface area (Å²) in [5.41, 5.74) is 0.881. The van der Waals surface area contributed by atoms with Gasteiger partial charge in [-0.1, -0.05) is 32.4 Å². The number of methoxy groups -OCH3 is 1. The van der Waals surface area contributed by atoms with Gasteiger partial charge in [0.05, 0.1) is 7.11 Å². The van der Waals surface area contributed by atoms with Crippen molar-refractivity contribution in [3.8, 4) is 11.5 Å². The van der Waals surface area contributed by atoms with Crippen LogP contribution in [0, 0.1) is 0 Å². The van der Waals surface area contributed by atoms with Gasteiger partial charge in [0.2, 0.25) is 0 Å². The van der Waals surface area contributed by atoms with Crippen molar-refractivity contribution >= 4 is 11.6 Å². The monoisotopic (exact) mass is 285 g/mol. The minimum Gasteiger partial charge on any atom is -0.504 e. The van der Waals surface area contributed by atoms with E-state index in [9.17, 15) is 5.11 Å². The Kier molecular flexibility index (Phi) is 5.95. The molecule has 0 bridgehead atoms. The Bertz CT molecular complexity index is 409. The van der Waals surface area contributed by atoms with Crippen LogP contribution in [0.4, 0.5) is 0 Å². The van der Waals surface area contributed by atoms with Crippen molar-refractivity contribution in [3.05, 3.63) is 22.7 Å². The van der Waals surface area contributed by atoms with Crippen molar-refractivity contribution < 1.29 is 9.84 Å². The van der Waals surface area contributed by atoms with E-state index in [1.54, 1.807) is 12.1 Å². The molecule has 0 aliphatic heterocycles. The lowest BCUT2D eigenvalue weighted by atomic mass is 9.89. The highest BCUT2D eigenvalue weighted by Crippen LogP contribution is 2.34. The normalized spacial score (nSPS) is 11.6. The van der Waals surface area contributed by atoms with Gasteiger partial charge in [0.1, 0.15) is 0 Å². The quantitative estimate of drug-likeness (QED) is 0.792. The minimum absolute atomic E-state index is 0.113. The fourth-order valence-corrected chi connectivity index (χ4v) is 2.56. The maximum Gasteiger partial charge on any atom is 0.162 e. The van der Waals surface area contributed by atoms with Crippen molar-refractivity contribution in [1.82, 2.24) is 5.32 Å². The first-order valence-electron chi connectivity index (χ1n) is 6.82. The van der Waals surface area contributed by atoms with Crippen molar-refractivity contribution in [2.45, 2.75) is 52.1 Å². The Labute approximate surface area is 120 Å². The Hall–Kier alpha value is -0.930. The molecule has 19 heavy (non-hydrogen) atoms. The van der Waals surface area contributed by atoms with Crippen LogP contribution in [0.5, 0.6) is 11.5 Å². The van der Waals surface area contributed by atoms with Crippen LogP contribution >= 0.6 is 11.6 Å². The molecular weight excluding hydrogens is 262 g/mol. The number of aromatic hydroxyl groups is 1. The van der Waals surface area contributed by atoms with Gasteiger partial charge in [0.25, 0.3) is 0 Å². The summed E-state index contributed by atoms with van der Waals surface area (Å²) in [6, 6.07) is 3.39. The summed E-state index contributed by atoms with van der Waals surface area (Å²) in [4.78, 5) is 0. The number of halogens is 1. The first kappa shape index (κ1) is 16.1. The molecule has 108 valence electrons. The number of hydrogen-bond donors (Lipinski definition) is 2. The van der Waals surface area contributed by atoms with E-state index in [1.807, 2.05) is 0 Å². The molecule has 1 rings (SSSR count). The van der Waals surface area contributed by atoms with Gasteiger partial charge >= 0.3 is 0 Å². The van der Waals surface area contributed by atoms with Crippen LogP contribution in [0.25, 0.3) is 0 Å². The van der Waals surface area contributed by atoms with E-state index >= 15 is 0 Å². The van der Waals surface area contributed by atoms with Crippen molar-refractivity contribution in [3.63, 3.8) is 0 Å². The van der Waals surface area contributed by atoms with E-state index in [4.69, 9.17) is 16.3 Å². The van der Waals surface area contributed by atoms with Crippen molar-refractivity contribution in [2.75, 3.05) is 7.11 Å². The number of phenolic OH excluding ortho intramolecular Hbond substituents is 1. The van der Waals surface area contributed by atoms with Crippen LogP contribution in [0.1, 0.15) is 45.6 Å². The number of ether oxygens (including phenoxy) is 1. The highest BCUT2D eigenvalue weighted by Gasteiger charge is 2.23. The van der Waals surface area contributed by atoms with Crippen LogP contribution in [0.15, 0.2) is 12.1 Å². The molecule has 0 saturated heterocycles. The number of hydrogen-bond acceptors (Lipinski definition) is 3. The topological polar surface area (TPSA) is 41.5 Å². The van der Waals surface area contributed by atoms with Gasteiger partial charge in [0.15, 0.2) is 11.5 Å². The molecule has 0 aliphatic carbocycles. The molecule has 0 amide bonds. The summed E-state index contributed by atoms with van der Waals surface area (Å²) in [7, 11) is 1.52. The average molecular weight is 286 g/mol. The number of benzene rings is 1. The average Bonchev–Trinajstić information content (AvgIpc) is 2.44. The molecule has 1 aromatic rings. The standard InChI is InChI=1S/C15H24ClNO2/c1-5-15(6-2,7-3)17-10-11-8-12(16)9-13(19-4)14(11)18/h8-9,17-18H,5-7,10H2,1-4H3. The molecule has 0 unspecified atom stereocenters.